The first kappa shape index (κ1) is 15.6. The number of nitrogens with zero attached hydrogens (tertiary/aromatic N) is 1. The van der Waals surface area contributed by atoms with Crippen LogP contribution in [-0.4, -0.2) is 0 Å². The van der Waals surface area contributed by atoms with Crippen molar-refractivity contribution >= 4 is 0 Å². The molecule has 1 aromatic carbocycles. The molecule has 118 valence electrons. The molecule has 0 unspecified atom stereocenters. The first-order valence-electron chi connectivity index (χ1n) is 9.30. The van der Waals surface area contributed by atoms with Crippen molar-refractivity contribution in [2.24, 2.45) is 17.8 Å². The predicted octanol–water partition coefficient (Wildman–Crippen LogP) is 6.05. The highest BCUT2D eigenvalue weighted by molar-refractivity contribution is 5.33. The lowest BCUT2D eigenvalue weighted by Gasteiger charge is -2.38. The van der Waals surface area contributed by atoms with Gasteiger partial charge >= 0.3 is 0 Å². The summed E-state index contributed by atoms with van der Waals surface area (Å²) in [6.45, 7) is 2.35. The summed E-state index contributed by atoms with van der Waals surface area (Å²) in [5, 5.41) is 8.90. The molecule has 3 rings (SSSR count). The molecule has 0 saturated heterocycles. The summed E-state index contributed by atoms with van der Waals surface area (Å²) >= 11 is 0. The SMILES string of the molecule is CC[C@H]1CC[C@H]([C@H]2CC[C@H](c3ccc(C#N)cc3)CC2)CC1. The van der Waals surface area contributed by atoms with Gasteiger partial charge in [0.05, 0.1) is 11.6 Å². The zero-order chi connectivity index (χ0) is 15.4. The van der Waals surface area contributed by atoms with E-state index < -0.39 is 0 Å². The van der Waals surface area contributed by atoms with Gasteiger partial charge < -0.3 is 0 Å². The molecule has 2 aliphatic rings. The molecule has 0 aliphatic heterocycles. The Morgan fingerprint density at radius 1 is 0.864 bits per heavy atom. The average Bonchev–Trinajstić information content (AvgIpc) is 2.62. The Hall–Kier alpha value is -1.29. The largest absolute Gasteiger partial charge is 0.192 e. The second kappa shape index (κ2) is 7.32. The maximum Gasteiger partial charge on any atom is 0.0991 e. The molecule has 1 heteroatoms. The summed E-state index contributed by atoms with van der Waals surface area (Å²) < 4.78 is 0. The Labute approximate surface area is 135 Å². The fourth-order valence-electron chi connectivity index (χ4n) is 4.82. The van der Waals surface area contributed by atoms with Gasteiger partial charge in [0.1, 0.15) is 0 Å². The monoisotopic (exact) mass is 295 g/mol. The van der Waals surface area contributed by atoms with Crippen LogP contribution in [-0.2, 0) is 0 Å². The van der Waals surface area contributed by atoms with E-state index in [0.29, 0.717) is 0 Å². The van der Waals surface area contributed by atoms with Crippen LogP contribution < -0.4 is 0 Å². The van der Waals surface area contributed by atoms with Gasteiger partial charge in [0.2, 0.25) is 0 Å². The summed E-state index contributed by atoms with van der Waals surface area (Å²) in [5.41, 5.74) is 2.23. The fraction of sp³-hybridized carbons (Fsp3) is 0.667. The van der Waals surface area contributed by atoms with Gasteiger partial charge in [-0.05, 0) is 79.9 Å². The molecule has 2 saturated carbocycles. The Balaban J connectivity index is 1.51. The van der Waals surface area contributed by atoms with Gasteiger partial charge in [-0.15, -0.1) is 0 Å². The van der Waals surface area contributed by atoms with Crippen molar-refractivity contribution in [3.63, 3.8) is 0 Å². The number of rotatable bonds is 3. The molecule has 1 nitrogen and oxygen atoms in total. The van der Waals surface area contributed by atoms with Crippen LogP contribution in [0.1, 0.15) is 81.8 Å². The number of benzene rings is 1. The molecular formula is C21H29N. The maximum atomic E-state index is 8.90. The van der Waals surface area contributed by atoms with E-state index in [0.717, 1.165) is 29.2 Å². The van der Waals surface area contributed by atoms with Crippen molar-refractivity contribution < 1.29 is 0 Å². The van der Waals surface area contributed by atoms with Gasteiger partial charge in [-0.25, -0.2) is 0 Å². The van der Waals surface area contributed by atoms with Crippen LogP contribution in [0.2, 0.25) is 0 Å². The van der Waals surface area contributed by atoms with Crippen molar-refractivity contribution in [1.29, 1.82) is 5.26 Å². The van der Waals surface area contributed by atoms with Gasteiger partial charge in [-0.2, -0.15) is 5.26 Å². The number of nitriles is 1. The Bertz CT molecular complexity index is 494. The van der Waals surface area contributed by atoms with Gasteiger partial charge in [-0.3, -0.25) is 0 Å². The smallest absolute Gasteiger partial charge is 0.0991 e. The van der Waals surface area contributed by atoms with Crippen molar-refractivity contribution in [1.82, 2.24) is 0 Å². The van der Waals surface area contributed by atoms with Crippen LogP contribution >= 0.6 is 0 Å². The Morgan fingerprint density at radius 2 is 1.41 bits per heavy atom. The third kappa shape index (κ3) is 3.54. The predicted molar refractivity (Wildman–Crippen MR) is 91.6 cm³/mol. The van der Waals surface area contributed by atoms with E-state index in [-0.39, 0.29) is 0 Å². The fourth-order valence-corrected chi connectivity index (χ4v) is 4.82. The molecule has 0 radical (unpaired) electrons. The van der Waals surface area contributed by atoms with E-state index in [1.54, 1.807) is 0 Å². The molecule has 22 heavy (non-hydrogen) atoms. The van der Waals surface area contributed by atoms with Crippen LogP contribution in [0.15, 0.2) is 24.3 Å². The van der Waals surface area contributed by atoms with Crippen molar-refractivity contribution in [2.75, 3.05) is 0 Å². The summed E-state index contributed by atoms with van der Waals surface area (Å²) in [6, 6.07) is 10.5. The quantitative estimate of drug-likeness (QED) is 0.666. The van der Waals surface area contributed by atoms with Crippen molar-refractivity contribution in [3.8, 4) is 6.07 Å². The van der Waals surface area contributed by atoms with E-state index in [2.05, 4.69) is 25.1 Å². The van der Waals surface area contributed by atoms with Gasteiger partial charge in [-0.1, -0.05) is 38.3 Å². The van der Waals surface area contributed by atoms with E-state index in [1.165, 1.54) is 63.4 Å². The Kier molecular flexibility index (Phi) is 5.19. The third-order valence-electron chi connectivity index (χ3n) is 6.42. The second-order valence-corrected chi connectivity index (χ2v) is 7.53. The minimum atomic E-state index is 0.732. The maximum absolute atomic E-state index is 8.90. The van der Waals surface area contributed by atoms with Gasteiger partial charge in [0.15, 0.2) is 0 Å². The van der Waals surface area contributed by atoms with E-state index >= 15 is 0 Å². The lowest BCUT2D eigenvalue weighted by atomic mass is 9.68. The number of hydrogen-bond acceptors (Lipinski definition) is 1. The van der Waals surface area contributed by atoms with Crippen molar-refractivity contribution in [2.45, 2.75) is 70.6 Å². The molecule has 2 fully saturated rings. The van der Waals surface area contributed by atoms with Crippen LogP contribution in [0.3, 0.4) is 0 Å². The Morgan fingerprint density at radius 3 is 1.91 bits per heavy atom. The first-order valence-corrected chi connectivity index (χ1v) is 9.30. The summed E-state index contributed by atoms with van der Waals surface area (Å²) in [4.78, 5) is 0. The summed E-state index contributed by atoms with van der Waals surface area (Å²) in [7, 11) is 0. The first-order chi connectivity index (χ1) is 10.8. The van der Waals surface area contributed by atoms with Gasteiger partial charge in [0.25, 0.3) is 0 Å². The molecule has 0 heterocycles. The van der Waals surface area contributed by atoms with Crippen LogP contribution in [0, 0.1) is 29.1 Å². The molecule has 0 bridgehead atoms. The highest BCUT2D eigenvalue weighted by atomic mass is 14.4. The average molecular weight is 295 g/mol. The standard InChI is InChI=1S/C21H29N/c1-2-16-3-7-18(8-4-16)20-11-13-21(14-12-20)19-9-5-17(15-22)6-10-19/h5-6,9-10,16,18,20-21H,2-4,7-8,11-14H2,1H3/t16-,18-,20-,21-. The minimum Gasteiger partial charge on any atom is -0.192 e. The highest BCUT2D eigenvalue weighted by Crippen LogP contribution is 2.44. The van der Waals surface area contributed by atoms with Crippen molar-refractivity contribution in [3.05, 3.63) is 35.4 Å². The van der Waals surface area contributed by atoms with E-state index in [9.17, 15) is 0 Å². The zero-order valence-corrected chi connectivity index (χ0v) is 13.9. The number of hydrogen-bond donors (Lipinski definition) is 0. The highest BCUT2D eigenvalue weighted by Gasteiger charge is 2.30. The van der Waals surface area contributed by atoms with Gasteiger partial charge in [0, 0.05) is 0 Å². The molecule has 0 amide bonds. The molecule has 0 atom stereocenters. The second-order valence-electron chi connectivity index (χ2n) is 7.53. The van der Waals surface area contributed by atoms with Crippen LogP contribution in [0.4, 0.5) is 0 Å². The van der Waals surface area contributed by atoms with Crippen LogP contribution in [0.5, 0.6) is 0 Å². The van der Waals surface area contributed by atoms with E-state index in [4.69, 9.17) is 5.26 Å². The lowest BCUT2D eigenvalue weighted by molar-refractivity contribution is 0.158. The normalized spacial score (nSPS) is 32.4. The molecule has 1 aromatic rings. The molecule has 0 aromatic heterocycles. The zero-order valence-electron chi connectivity index (χ0n) is 13.9. The third-order valence-corrected chi connectivity index (χ3v) is 6.42. The van der Waals surface area contributed by atoms with Crippen LogP contribution in [0.25, 0.3) is 0 Å². The summed E-state index contributed by atoms with van der Waals surface area (Å²) in [6.07, 6.45) is 12.9. The lowest BCUT2D eigenvalue weighted by Crippen LogP contribution is -2.25. The molecule has 0 spiro atoms. The molecule has 0 N–H and O–H groups in total. The van der Waals surface area contributed by atoms with E-state index in [1.807, 2.05) is 12.1 Å². The summed E-state index contributed by atoms with van der Waals surface area (Å²) in [5.74, 6) is 3.76. The molecule has 2 aliphatic carbocycles. The minimum absolute atomic E-state index is 0.732. The molecular weight excluding hydrogens is 266 g/mol. The topological polar surface area (TPSA) is 23.8 Å².